The number of benzene rings is 1. The molecule has 2 rings (SSSR count). The fraction of sp³-hybridized carbons (Fsp3) is 0.467. The van der Waals surface area contributed by atoms with Crippen LogP contribution in [0, 0.1) is 5.82 Å². The highest BCUT2D eigenvalue weighted by Crippen LogP contribution is 2.36. The molecule has 0 bridgehead atoms. The van der Waals surface area contributed by atoms with Crippen molar-refractivity contribution in [3.05, 3.63) is 47.8 Å². The van der Waals surface area contributed by atoms with Gasteiger partial charge in [0, 0.05) is 0 Å². The molecule has 0 radical (unpaired) electrons. The van der Waals surface area contributed by atoms with Crippen LogP contribution in [-0.2, 0) is 6.42 Å². The highest BCUT2D eigenvalue weighted by Gasteiger charge is 2.21. The molecule has 0 aliphatic heterocycles. The summed E-state index contributed by atoms with van der Waals surface area (Å²) in [5.74, 6) is 0.413. The van der Waals surface area contributed by atoms with Gasteiger partial charge in [0.25, 0.3) is 0 Å². The van der Waals surface area contributed by atoms with Crippen molar-refractivity contribution in [1.29, 1.82) is 0 Å². The average Bonchev–Trinajstić information content (AvgIpc) is 2.31. The van der Waals surface area contributed by atoms with Crippen molar-refractivity contribution in [2.45, 2.75) is 44.4 Å². The molecule has 0 heterocycles. The minimum absolute atomic E-state index is 0.0220. The van der Waals surface area contributed by atoms with Gasteiger partial charge in [-0.15, -0.1) is 6.58 Å². The number of hydrogen-bond acceptors (Lipinski definition) is 0. The monoisotopic (exact) mass is 218 g/mol. The predicted molar refractivity (Wildman–Crippen MR) is 66.1 cm³/mol. The maximum absolute atomic E-state index is 13.9. The van der Waals surface area contributed by atoms with Gasteiger partial charge >= 0.3 is 0 Å². The van der Waals surface area contributed by atoms with Crippen LogP contribution in [0.15, 0.2) is 30.9 Å². The molecular weight excluding hydrogens is 199 g/mol. The summed E-state index contributed by atoms with van der Waals surface area (Å²) >= 11 is 0. The van der Waals surface area contributed by atoms with E-state index in [9.17, 15) is 4.39 Å². The van der Waals surface area contributed by atoms with E-state index in [1.807, 2.05) is 12.1 Å². The van der Waals surface area contributed by atoms with Gasteiger partial charge in [-0.25, -0.2) is 4.39 Å². The standard InChI is InChI=1S/C15H19F/c1-2-7-12-10-6-11-14(16)15(12)13-8-4-3-5-9-13/h2,6,10-11,13H,1,3-5,7-9H2. The highest BCUT2D eigenvalue weighted by molar-refractivity contribution is 5.33. The lowest BCUT2D eigenvalue weighted by Gasteiger charge is -2.24. The third-order valence-electron chi connectivity index (χ3n) is 3.52. The zero-order chi connectivity index (χ0) is 11.4. The largest absolute Gasteiger partial charge is 0.207 e. The first kappa shape index (κ1) is 11.4. The van der Waals surface area contributed by atoms with E-state index in [0.29, 0.717) is 5.92 Å². The first-order valence-electron chi connectivity index (χ1n) is 6.21. The van der Waals surface area contributed by atoms with Crippen LogP contribution in [0.3, 0.4) is 0 Å². The Balaban J connectivity index is 2.31. The number of rotatable bonds is 3. The molecule has 0 saturated heterocycles. The lowest BCUT2D eigenvalue weighted by Crippen LogP contribution is -2.09. The minimum atomic E-state index is -0.0220. The summed E-state index contributed by atoms with van der Waals surface area (Å²) in [6.45, 7) is 3.75. The SMILES string of the molecule is C=CCc1cccc(F)c1C1CCCCC1. The van der Waals surface area contributed by atoms with E-state index in [1.54, 1.807) is 12.1 Å². The maximum Gasteiger partial charge on any atom is 0.126 e. The second-order valence-electron chi connectivity index (χ2n) is 4.64. The number of allylic oxidation sites excluding steroid dienone is 1. The van der Waals surface area contributed by atoms with Crippen LogP contribution in [-0.4, -0.2) is 0 Å². The summed E-state index contributed by atoms with van der Waals surface area (Å²) < 4.78 is 13.9. The Labute approximate surface area is 97.2 Å². The molecule has 0 N–H and O–H groups in total. The molecule has 0 amide bonds. The third-order valence-corrected chi connectivity index (χ3v) is 3.52. The van der Waals surface area contributed by atoms with Gasteiger partial charge in [0.2, 0.25) is 0 Å². The van der Waals surface area contributed by atoms with Crippen molar-refractivity contribution < 1.29 is 4.39 Å². The van der Waals surface area contributed by atoms with E-state index < -0.39 is 0 Å². The van der Waals surface area contributed by atoms with E-state index in [4.69, 9.17) is 0 Å². The number of halogens is 1. The predicted octanol–water partition coefficient (Wildman–Crippen LogP) is 4.60. The van der Waals surface area contributed by atoms with Crippen molar-refractivity contribution in [1.82, 2.24) is 0 Å². The zero-order valence-corrected chi connectivity index (χ0v) is 9.71. The normalized spacial score (nSPS) is 17.3. The van der Waals surface area contributed by atoms with Crippen LogP contribution in [0.5, 0.6) is 0 Å². The summed E-state index contributed by atoms with van der Waals surface area (Å²) in [6.07, 6.45) is 8.72. The molecule has 1 fully saturated rings. The quantitative estimate of drug-likeness (QED) is 0.650. The smallest absolute Gasteiger partial charge is 0.126 e. The van der Waals surface area contributed by atoms with Gasteiger partial charge in [-0.1, -0.05) is 37.5 Å². The third kappa shape index (κ3) is 2.34. The molecule has 0 atom stereocenters. The van der Waals surface area contributed by atoms with Gasteiger partial charge < -0.3 is 0 Å². The van der Waals surface area contributed by atoms with Crippen LogP contribution >= 0.6 is 0 Å². The van der Waals surface area contributed by atoms with E-state index in [1.165, 1.54) is 19.3 Å². The summed E-state index contributed by atoms with van der Waals surface area (Å²) in [7, 11) is 0. The molecule has 1 aromatic rings. The van der Waals surface area contributed by atoms with E-state index in [0.717, 1.165) is 30.4 Å². The van der Waals surface area contributed by atoms with Gasteiger partial charge in [0.05, 0.1) is 0 Å². The molecule has 1 heteroatoms. The Bertz CT molecular complexity index is 362. The molecule has 86 valence electrons. The molecule has 0 nitrogen and oxygen atoms in total. The molecule has 0 spiro atoms. The molecule has 1 aromatic carbocycles. The Morgan fingerprint density at radius 1 is 1.25 bits per heavy atom. The van der Waals surface area contributed by atoms with Crippen molar-refractivity contribution in [2.75, 3.05) is 0 Å². The molecule has 16 heavy (non-hydrogen) atoms. The Kier molecular flexibility index (Phi) is 3.76. The molecule has 0 aromatic heterocycles. The van der Waals surface area contributed by atoms with Crippen LogP contribution in [0.4, 0.5) is 4.39 Å². The average molecular weight is 218 g/mol. The Hall–Kier alpha value is -1.11. The fourth-order valence-electron chi connectivity index (χ4n) is 2.76. The van der Waals surface area contributed by atoms with Crippen molar-refractivity contribution >= 4 is 0 Å². The Morgan fingerprint density at radius 2 is 2.00 bits per heavy atom. The minimum Gasteiger partial charge on any atom is -0.207 e. The lowest BCUT2D eigenvalue weighted by molar-refractivity contribution is 0.427. The molecule has 1 saturated carbocycles. The Morgan fingerprint density at radius 3 is 2.69 bits per heavy atom. The second kappa shape index (κ2) is 5.29. The van der Waals surface area contributed by atoms with Crippen molar-refractivity contribution in [3.63, 3.8) is 0 Å². The lowest BCUT2D eigenvalue weighted by atomic mass is 9.81. The van der Waals surface area contributed by atoms with Gasteiger partial charge in [-0.05, 0) is 42.4 Å². The van der Waals surface area contributed by atoms with Gasteiger partial charge in [0.1, 0.15) is 5.82 Å². The van der Waals surface area contributed by atoms with Crippen LogP contribution < -0.4 is 0 Å². The van der Waals surface area contributed by atoms with Gasteiger partial charge in [-0.2, -0.15) is 0 Å². The van der Waals surface area contributed by atoms with E-state index in [2.05, 4.69) is 6.58 Å². The summed E-state index contributed by atoms with van der Waals surface area (Å²) in [4.78, 5) is 0. The second-order valence-corrected chi connectivity index (χ2v) is 4.64. The highest BCUT2D eigenvalue weighted by atomic mass is 19.1. The summed E-state index contributed by atoms with van der Waals surface area (Å²) in [5.41, 5.74) is 2.09. The molecule has 1 aliphatic carbocycles. The summed E-state index contributed by atoms with van der Waals surface area (Å²) in [6, 6.07) is 5.44. The van der Waals surface area contributed by atoms with Crippen molar-refractivity contribution in [2.24, 2.45) is 0 Å². The first-order chi connectivity index (χ1) is 7.83. The first-order valence-corrected chi connectivity index (χ1v) is 6.21. The molecule has 0 unspecified atom stereocenters. The van der Waals surface area contributed by atoms with Crippen LogP contribution in [0.2, 0.25) is 0 Å². The van der Waals surface area contributed by atoms with Crippen LogP contribution in [0.25, 0.3) is 0 Å². The van der Waals surface area contributed by atoms with E-state index >= 15 is 0 Å². The van der Waals surface area contributed by atoms with Gasteiger partial charge in [-0.3, -0.25) is 0 Å². The topological polar surface area (TPSA) is 0 Å². The van der Waals surface area contributed by atoms with Gasteiger partial charge in [0.15, 0.2) is 0 Å². The van der Waals surface area contributed by atoms with Crippen molar-refractivity contribution in [3.8, 4) is 0 Å². The van der Waals surface area contributed by atoms with Crippen LogP contribution in [0.1, 0.15) is 49.1 Å². The van der Waals surface area contributed by atoms with E-state index in [-0.39, 0.29) is 5.82 Å². The molecular formula is C15H19F. The zero-order valence-electron chi connectivity index (χ0n) is 9.71. The maximum atomic E-state index is 13.9. The fourth-order valence-corrected chi connectivity index (χ4v) is 2.76. The molecule has 1 aliphatic rings. The summed E-state index contributed by atoms with van der Waals surface area (Å²) in [5, 5.41) is 0. The number of hydrogen-bond donors (Lipinski definition) is 0.